The molecule has 1 aliphatic rings. The first kappa shape index (κ1) is 24.0. The van der Waals surface area contributed by atoms with Gasteiger partial charge < -0.3 is 9.73 Å². The van der Waals surface area contributed by atoms with Crippen LogP contribution in [0.2, 0.25) is 0 Å². The molecule has 1 fully saturated rings. The molecule has 1 aliphatic heterocycles. The SMILES string of the molecule is CC(NC(=O)c1cnco1)c1cc(F)c(CN2[C@H](C)CC[C@@H](c3ccccc3)S2(=O)=O)cc1F. The van der Waals surface area contributed by atoms with Crippen LogP contribution in [0.25, 0.3) is 0 Å². The fourth-order valence-electron chi connectivity index (χ4n) is 4.25. The van der Waals surface area contributed by atoms with Crippen molar-refractivity contribution in [3.8, 4) is 0 Å². The highest BCUT2D eigenvalue weighted by Crippen LogP contribution is 2.38. The number of amides is 1. The molecule has 3 atom stereocenters. The number of carbonyl (C=O) groups excluding carboxylic acids is 1. The average Bonchev–Trinajstić information content (AvgIpc) is 3.34. The molecule has 1 aromatic heterocycles. The summed E-state index contributed by atoms with van der Waals surface area (Å²) in [4.78, 5) is 15.8. The summed E-state index contributed by atoms with van der Waals surface area (Å²) < 4.78 is 62.9. The van der Waals surface area contributed by atoms with E-state index < -0.39 is 38.9 Å². The first-order valence-corrected chi connectivity index (χ1v) is 12.4. The molecule has 0 radical (unpaired) electrons. The number of nitrogens with zero attached hydrogens (tertiary/aromatic N) is 2. The molecule has 2 aromatic carbocycles. The van der Waals surface area contributed by atoms with Crippen LogP contribution in [0.4, 0.5) is 8.78 Å². The van der Waals surface area contributed by atoms with Crippen molar-refractivity contribution in [3.63, 3.8) is 0 Å². The van der Waals surface area contributed by atoms with Gasteiger partial charge in [0.25, 0.3) is 5.91 Å². The van der Waals surface area contributed by atoms with Gasteiger partial charge in [0, 0.05) is 23.7 Å². The normalized spacial score (nSPS) is 21.2. The van der Waals surface area contributed by atoms with E-state index in [9.17, 15) is 17.6 Å². The number of rotatable bonds is 6. The molecular weight excluding hydrogens is 464 g/mol. The monoisotopic (exact) mass is 489 g/mol. The van der Waals surface area contributed by atoms with Crippen molar-refractivity contribution in [1.29, 1.82) is 0 Å². The molecule has 0 saturated carbocycles. The highest BCUT2D eigenvalue weighted by molar-refractivity contribution is 7.89. The number of oxazole rings is 1. The Kier molecular flexibility index (Phi) is 6.81. The molecule has 2 heterocycles. The average molecular weight is 490 g/mol. The van der Waals surface area contributed by atoms with Crippen molar-refractivity contribution in [2.75, 3.05) is 0 Å². The summed E-state index contributed by atoms with van der Waals surface area (Å²) >= 11 is 0. The maximum atomic E-state index is 15.0. The Morgan fingerprint density at radius 3 is 2.62 bits per heavy atom. The fourth-order valence-corrected chi connectivity index (χ4v) is 6.44. The van der Waals surface area contributed by atoms with Gasteiger partial charge in [0.15, 0.2) is 6.39 Å². The van der Waals surface area contributed by atoms with Gasteiger partial charge in [-0.25, -0.2) is 22.2 Å². The summed E-state index contributed by atoms with van der Waals surface area (Å²) in [5, 5.41) is 1.79. The molecule has 1 unspecified atom stereocenters. The first-order chi connectivity index (χ1) is 16.2. The smallest absolute Gasteiger partial charge is 0.289 e. The van der Waals surface area contributed by atoms with E-state index in [2.05, 4.69) is 10.3 Å². The minimum absolute atomic E-state index is 0.0541. The Hall–Kier alpha value is -3.11. The number of aromatic nitrogens is 1. The molecule has 34 heavy (non-hydrogen) atoms. The maximum Gasteiger partial charge on any atom is 0.289 e. The van der Waals surface area contributed by atoms with Crippen molar-refractivity contribution in [2.24, 2.45) is 0 Å². The van der Waals surface area contributed by atoms with Crippen molar-refractivity contribution in [3.05, 3.63) is 89.1 Å². The summed E-state index contributed by atoms with van der Waals surface area (Å²) in [7, 11) is -3.79. The number of halogens is 2. The Morgan fingerprint density at radius 2 is 1.94 bits per heavy atom. The Bertz CT molecular complexity index is 1270. The van der Waals surface area contributed by atoms with Crippen molar-refractivity contribution in [1.82, 2.24) is 14.6 Å². The zero-order chi connectivity index (χ0) is 24.5. The first-order valence-electron chi connectivity index (χ1n) is 10.9. The van der Waals surface area contributed by atoms with Gasteiger partial charge >= 0.3 is 0 Å². The Morgan fingerprint density at radius 1 is 1.21 bits per heavy atom. The summed E-state index contributed by atoms with van der Waals surface area (Å²) in [5.74, 6) is -2.17. The van der Waals surface area contributed by atoms with E-state index >= 15 is 4.39 Å². The van der Waals surface area contributed by atoms with Crippen LogP contribution in [0.3, 0.4) is 0 Å². The molecule has 4 rings (SSSR count). The molecule has 0 spiro atoms. The summed E-state index contributed by atoms with van der Waals surface area (Å²) in [6.45, 7) is 2.99. The van der Waals surface area contributed by atoms with Gasteiger partial charge in [-0.2, -0.15) is 4.31 Å². The van der Waals surface area contributed by atoms with E-state index in [1.165, 1.54) is 17.4 Å². The molecule has 7 nitrogen and oxygen atoms in total. The van der Waals surface area contributed by atoms with E-state index in [0.717, 1.165) is 18.5 Å². The molecule has 10 heteroatoms. The molecule has 0 aliphatic carbocycles. The van der Waals surface area contributed by atoms with Crippen molar-refractivity contribution in [2.45, 2.75) is 50.6 Å². The highest BCUT2D eigenvalue weighted by Gasteiger charge is 2.40. The second kappa shape index (κ2) is 9.63. The van der Waals surface area contributed by atoms with Gasteiger partial charge in [-0.05, 0) is 44.4 Å². The molecule has 1 amide bonds. The number of nitrogens with one attached hydrogen (secondary N) is 1. The van der Waals surface area contributed by atoms with Crippen LogP contribution < -0.4 is 5.32 Å². The van der Waals surface area contributed by atoms with E-state index in [-0.39, 0.29) is 29.5 Å². The highest BCUT2D eigenvalue weighted by atomic mass is 32.2. The van der Waals surface area contributed by atoms with E-state index in [1.807, 2.05) is 6.07 Å². The molecule has 0 bridgehead atoms. The van der Waals surface area contributed by atoms with E-state index in [4.69, 9.17) is 4.42 Å². The van der Waals surface area contributed by atoms with Crippen molar-refractivity contribution < 1.29 is 26.4 Å². The van der Waals surface area contributed by atoms with Gasteiger partial charge in [0.1, 0.15) is 16.9 Å². The summed E-state index contributed by atoms with van der Waals surface area (Å²) in [6, 6.07) is 9.68. The van der Waals surface area contributed by atoms with E-state index in [1.54, 1.807) is 31.2 Å². The zero-order valence-corrected chi connectivity index (χ0v) is 19.6. The summed E-state index contributed by atoms with van der Waals surface area (Å²) in [5.41, 5.74) is 0.544. The van der Waals surface area contributed by atoms with Gasteiger partial charge in [-0.1, -0.05) is 30.3 Å². The van der Waals surface area contributed by atoms with Crippen LogP contribution >= 0.6 is 0 Å². The minimum atomic E-state index is -3.79. The standard InChI is InChI=1S/C24H25F2N3O4S/c1-15-8-9-23(17-6-4-3-5-7-17)34(31,32)29(15)13-18-10-21(26)19(11-20(18)25)16(2)28-24(30)22-12-27-14-33-22/h3-7,10-12,14-16,23H,8-9,13H2,1-2H3,(H,28,30)/t15-,16?,23+/m1/s1. The predicted molar refractivity (Wildman–Crippen MR) is 121 cm³/mol. The van der Waals surface area contributed by atoms with Crippen LogP contribution in [0.15, 0.2) is 59.5 Å². The topological polar surface area (TPSA) is 92.5 Å². The van der Waals surface area contributed by atoms with Gasteiger partial charge in [0.2, 0.25) is 15.8 Å². The molecule has 180 valence electrons. The van der Waals surface area contributed by atoms with Crippen LogP contribution in [-0.4, -0.2) is 29.7 Å². The quantitative estimate of drug-likeness (QED) is 0.551. The third-order valence-corrected chi connectivity index (χ3v) is 8.53. The third kappa shape index (κ3) is 4.74. The third-order valence-electron chi connectivity index (χ3n) is 6.16. The number of sulfonamides is 1. The van der Waals surface area contributed by atoms with Gasteiger partial charge in [-0.3, -0.25) is 4.79 Å². The van der Waals surface area contributed by atoms with Crippen LogP contribution in [-0.2, 0) is 16.6 Å². The van der Waals surface area contributed by atoms with Crippen LogP contribution in [0.1, 0.15) is 65.2 Å². The minimum Gasteiger partial charge on any atom is -0.438 e. The number of hydrogen-bond acceptors (Lipinski definition) is 5. The molecule has 1 N–H and O–H groups in total. The lowest BCUT2D eigenvalue weighted by Crippen LogP contribution is -2.44. The van der Waals surface area contributed by atoms with Gasteiger partial charge in [-0.15, -0.1) is 0 Å². The Labute approximate surface area is 196 Å². The lowest BCUT2D eigenvalue weighted by atomic mass is 10.0. The lowest BCUT2D eigenvalue weighted by Gasteiger charge is -2.37. The van der Waals surface area contributed by atoms with Crippen LogP contribution in [0.5, 0.6) is 0 Å². The molecule has 1 saturated heterocycles. The number of hydrogen-bond donors (Lipinski definition) is 1. The number of benzene rings is 2. The summed E-state index contributed by atoms with van der Waals surface area (Å²) in [6.07, 6.45) is 3.37. The lowest BCUT2D eigenvalue weighted by molar-refractivity contribution is 0.0911. The van der Waals surface area contributed by atoms with Gasteiger partial charge in [0.05, 0.1) is 12.2 Å². The molecular formula is C24H25F2N3O4S. The second-order valence-electron chi connectivity index (χ2n) is 8.44. The maximum absolute atomic E-state index is 15.0. The second-order valence-corrected chi connectivity index (χ2v) is 10.5. The Balaban J connectivity index is 1.56. The zero-order valence-electron chi connectivity index (χ0n) is 18.7. The fraction of sp³-hybridized carbons (Fsp3) is 0.333. The number of carbonyl (C=O) groups is 1. The van der Waals surface area contributed by atoms with Crippen LogP contribution in [0, 0.1) is 11.6 Å². The van der Waals surface area contributed by atoms with E-state index in [0.29, 0.717) is 18.4 Å². The largest absolute Gasteiger partial charge is 0.438 e. The van der Waals surface area contributed by atoms with Crippen molar-refractivity contribution >= 4 is 15.9 Å². The molecule has 3 aromatic rings. The predicted octanol–water partition coefficient (Wildman–Crippen LogP) is 4.50.